The van der Waals surface area contributed by atoms with Crippen LogP contribution in [-0.2, 0) is 4.79 Å². The van der Waals surface area contributed by atoms with E-state index in [1.165, 1.54) is 0 Å². The molecule has 0 saturated carbocycles. The highest BCUT2D eigenvalue weighted by Gasteiger charge is 2.51. The third kappa shape index (κ3) is 3.33. The van der Waals surface area contributed by atoms with Crippen LogP contribution in [0.4, 0.5) is 0 Å². The molecule has 24 heavy (non-hydrogen) atoms. The Labute approximate surface area is 145 Å². The normalized spacial score (nSPS) is 20.8. The molecule has 2 atom stereocenters. The van der Waals surface area contributed by atoms with Crippen molar-refractivity contribution in [3.05, 3.63) is 29.8 Å². The van der Waals surface area contributed by atoms with Crippen molar-refractivity contribution >= 4 is 11.7 Å². The minimum absolute atomic E-state index is 0.0112. The Bertz CT molecular complexity index is 626. The number of rotatable bonds is 4. The lowest BCUT2D eigenvalue weighted by molar-refractivity contribution is -0.130. The Hall–Kier alpha value is -1.84. The molecule has 0 aromatic heterocycles. The van der Waals surface area contributed by atoms with Gasteiger partial charge in [0.1, 0.15) is 11.4 Å². The molecule has 1 amide bonds. The average Bonchev–Trinajstić information content (AvgIpc) is 2.52. The van der Waals surface area contributed by atoms with Crippen molar-refractivity contribution in [1.82, 2.24) is 5.32 Å². The summed E-state index contributed by atoms with van der Waals surface area (Å²) in [6, 6.07) is 7.33. The summed E-state index contributed by atoms with van der Waals surface area (Å²) in [5, 5.41) is 3.00. The summed E-state index contributed by atoms with van der Waals surface area (Å²) in [4.78, 5) is 25.9. The van der Waals surface area contributed by atoms with Crippen molar-refractivity contribution in [3.63, 3.8) is 0 Å². The number of amides is 1. The Morgan fingerprint density at radius 3 is 2.38 bits per heavy atom. The summed E-state index contributed by atoms with van der Waals surface area (Å²) in [7, 11) is 0. The lowest BCUT2D eigenvalue weighted by Gasteiger charge is -2.45. The van der Waals surface area contributed by atoms with Gasteiger partial charge in [-0.25, -0.2) is 0 Å². The van der Waals surface area contributed by atoms with Crippen LogP contribution >= 0.6 is 0 Å². The maximum Gasteiger partial charge on any atom is 0.224 e. The van der Waals surface area contributed by atoms with E-state index in [2.05, 4.69) is 5.32 Å². The van der Waals surface area contributed by atoms with Crippen LogP contribution in [0.1, 0.15) is 64.7 Å². The molecule has 1 N–H and O–H groups in total. The van der Waals surface area contributed by atoms with Gasteiger partial charge >= 0.3 is 0 Å². The van der Waals surface area contributed by atoms with E-state index in [0.29, 0.717) is 24.2 Å². The monoisotopic (exact) mass is 331 g/mol. The van der Waals surface area contributed by atoms with Crippen molar-refractivity contribution in [2.75, 3.05) is 0 Å². The molecule has 1 aliphatic rings. The Balaban J connectivity index is 2.45. The molecule has 4 heteroatoms. The highest BCUT2D eigenvalue weighted by Crippen LogP contribution is 2.44. The van der Waals surface area contributed by atoms with Crippen LogP contribution in [0.2, 0.25) is 0 Å². The van der Waals surface area contributed by atoms with Gasteiger partial charge in [0, 0.05) is 11.5 Å². The first kappa shape index (κ1) is 18.5. The van der Waals surface area contributed by atoms with E-state index in [1.54, 1.807) is 6.07 Å². The lowest BCUT2D eigenvalue weighted by Crippen LogP contribution is -2.56. The van der Waals surface area contributed by atoms with Crippen LogP contribution in [0.5, 0.6) is 5.75 Å². The van der Waals surface area contributed by atoms with Gasteiger partial charge < -0.3 is 10.1 Å². The van der Waals surface area contributed by atoms with Gasteiger partial charge in [-0.05, 0) is 45.7 Å². The predicted molar refractivity (Wildman–Crippen MR) is 95.3 cm³/mol. The Morgan fingerprint density at radius 2 is 1.83 bits per heavy atom. The average molecular weight is 331 g/mol. The highest BCUT2D eigenvalue weighted by atomic mass is 16.5. The van der Waals surface area contributed by atoms with Crippen molar-refractivity contribution in [1.29, 1.82) is 0 Å². The van der Waals surface area contributed by atoms with Crippen molar-refractivity contribution in [2.24, 2.45) is 11.8 Å². The van der Waals surface area contributed by atoms with Gasteiger partial charge in [0.05, 0.1) is 11.5 Å². The molecule has 1 heterocycles. The van der Waals surface area contributed by atoms with Gasteiger partial charge in [-0.2, -0.15) is 0 Å². The molecule has 2 rings (SSSR count). The van der Waals surface area contributed by atoms with Crippen molar-refractivity contribution in [3.8, 4) is 5.75 Å². The molecule has 0 spiro atoms. The second kappa shape index (κ2) is 6.58. The number of para-hydroxylation sites is 1. The lowest BCUT2D eigenvalue weighted by atomic mass is 9.69. The summed E-state index contributed by atoms with van der Waals surface area (Å²) >= 11 is 0. The number of hydrogen-bond donors (Lipinski definition) is 1. The van der Waals surface area contributed by atoms with Gasteiger partial charge in [0.15, 0.2) is 5.78 Å². The van der Waals surface area contributed by atoms with Gasteiger partial charge in [-0.1, -0.05) is 32.9 Å². The standard InChI is InChI=1S/C20H29NO3/c1-7-20(8-2)16(13(3)18(23)21-19(4,5)6)17(22)14-11-9-10-12-15(14)24-20/h9-13,16H,7-8H2,1-6H3,(H,21,23). The van der Waals surface area contributed by atoms with Crippen LogP contribution in [0.25, 0.3) is 0 Å². The van der Waals surface area contributed by atoms with Crippen molar-refractivity contribution < 1.29 is 14.3 Å². The third-order valence-corrected chi connectivity index (χ3v) is 4.92. The first-order valence-electron chi connectivity index (χ1n) is 8.79. The van der Waals surface area contributed by atoms with E-state index in [9.17, 15) is 9.59 Å². The minimum atomic E-state index is -0.639. The maximum absolute atomic E-state index is 13.2. The molecule has 2 unspecified atom stereocenters. The second-order valence-electron chi connectivity index (χ2n) is 7.74. The molecule has 1 aromatic rings. The Kier molecular flexibility index (Phi) is 5.07. The fourth-order valence-corrected chi connectivity index (χ4v) is 3.60. The molecule has 1 aromatic carbocycles. The molecule has 132 valence electrons. The quantitative estimate of drug-likeness (QED) is 0.907. The molecule has 0 saturated heterocycles. The molecule has 0 radical (unpaired) electrons. The summed E-state index contributed by atoms with van der Waals surface area (Å²) in [6.07, 6.45) is 1.36. The van der Waals surface area contributed by atoms with Gasteiger partial charge in [-0.15, -0.1) is 0 Å². The van der Waals surface area contributed by atoms with Crippen LogP contribution in [-0.4, -0.2) is 22.8 Å². The number of ketones is 1. The van der Waals surface area contributed by atoms with E-state index in [-0.39, 0.29) is 17.2 Å². The first-order valence-corrected chi connectivity index (χ1v) is 8.79. The van der Waals surface area contributed by atoms with Crippen LogP contribution < -0.4 is 10.1 Å². The first-order chi connectivity index (χ1) is 11.1. The molecule has 0 bridgehead atoms. The zero-order valence-corrected chi connectivity index (χ0v) is 15.6. The highest BCUT2D eigenvalue weighted by molar-refractivity contribution is 6.04. The molecular weight excluding hydrogens is 302 g/mol. The van der Waals surface area contributed by atoms with E-state index in [1.807, 2.05) is 59.7 Å². The molecular formula is C20H29NO3. The number of fused-ring (bicyclic) bond motifs is 1. The summed E-state index contributed by atoms with van der Waals surface area (Å²) in [5.74, 6) is -0.396. The number of carbonyl (C=O) groups is 2. The third-order valence-electron chi connectivity index (χ3n) is 4.92. The van der Waals surface area contributed by atoms with E-state index < -0.39 is 17.4 Å². The molecule has 1 aliphatic heterocycles. The van der Waals surface area contributed by atoms with Crippen molar-refractivity contribution in [2.45, 2.75) is 65.5 Å². The Morgan fingerprint density at radius 1 is 1.25 bits per heavy atom. The number of benzene rings is 1. The topological polar surface area (TPSA) is 55.4 Å². The van der Waals surface area contributed by atoms with Crippen LogP contribution in [0, 0.1) is 11.8 Å². The van der Waals surface area contributed by atoms with Crippen LogP contribution in [0.15, 0.2) is 24.3 Å². The number of Topliss-reactive ketones (excluding diaryl/α,β-unsaturated/α-hetero) is 1. The molecule has 0 fully saturated rings. The number of hydrogen-bond acceptors (Lipinski definition) is 3. The van der Waals surface area contributed by atoms with Gasteiger partial charge in [0.25, 0.3) is 0 Å². The number of carbonyl (C=O) groups excluding carboxylic acids is 2. The zero-order chi connectivity index (χ0) is 18.1. The predicted octanol–water partition coefficient (Wildman–Crippen LogP) is 3.99. The zero-order valence-electron chi connectivity index (χ0n) is 15.6. The van der Waals surface area contributed by atoms with E-state index in [0.717, 1.165) is 0 Å². The van der Waals surface area contributed by atoms with Gasteiger partial charge in [0.2, 0.25) is 5.91 Å². The summed E-state index contributed by atoms with van der Waals surface area (Å²) < 4.78 is 6.30. The minimum Gasteiger partial charge on any atom is -0.486 e. The van der Waals surface area contributed by atoms with E-state index in [4.69, 9.17) is 4.74 Å². The van der Waals surface area contributed by atoms with Gasteiger partial charge in [-0.3, -0.25) is 9.59 Å². The molecule has 0 aliphatic carbocycles. The summed E-state index contributed by atoms with van der Waals surface area (Å²) in [6.45, 7) is 11.7. The fraction of sp³-hybridized carbons (Fsp3) is 0.600. The maximum atomic E-state index is 13.2. The fourth-order valence-electron chi connectivity index (χ4n) is 3.60. The smallest absolute Gasteiger partial charge is 0.224 e. The largest absolute Gasteiger partial charge is 0.486 e. The second-order valence-corrected chi connectivity index (χ2v) is 7.74. The number of ether oxygens (including phenoxy) is 1. The molecule has 4 nitrogen and oxygen atoms in total. The summed E-state index contributed by atoms with van der Waals surface area (Å²) in [5.41, 5.74) is -0.390. The SMILES string of the molecule is CCC1(CC)Oc2ccccc2C(=O)C1C(C)C(=O)NC(C)(C)C. The van der Waals surface area contributed by atoms with E-state index >= 15 is 0 Å². The van der Waals surface area contributed by atoms with Crippen LogP contribution in [0.3, 0.4) is 0 Å². The number of nitrogens with one attached hydrogen (secondary N) is 1.